The summed E-state index contributed by atoms with van der Waals surface area (Å²) in [6.07, 6.45) is -0.929. The summed E-state index contributed by atoms with van der Waals surface area (Å²) < 4.78 is 44.3. The van der Waals surface area contributed by atoms with E-state index >= 15 is 0 Å². The molecule has 0 radical (unpaired) electrons. The number of carbonyl (C=O) groups is 2. The first-order chi connectivity index (χ1) is 16.6. The number of carbonyl (C=O) groups excluding carboxylic acids is 1. The number of hydrogen-bond acceptors (Lipinski definition) is 7. The first kappa shape index (κ1) is 22.7. The Kier molecular flexibility index (Phi) is 5.41. The SMILES string of the molecule is Cc1ccc(-n2nccn2)c(C(=O)N2[C@H](C(=O)O)[C@H]3C[C@@H](Oc4ccc(C(F)(F)F)cn4)[C@@H]2C3)n1. The average molecular weight is 488 g/mol. The summed E-state index contributed by atoms with van der Waals surface area (Å²) in [5, 5.41) is 18.0. The Balaban J connectivity index is 1.45. The third-order valence-electron chi connectivity index (χ3n) is 6.29. The summed E-state index contributed by atoms with van der Waals surface area (Å²) >= 11 is 0. The van der Waals surface area contributed by atoms with E-state index in [-0.39, 0.29) is 11.6 Å². The van der Waals surface area contributed by atoms with Crippen molar-refractivity contribution in [3.05, 3.63) is 59.8 Å². The Morgan fingerprint density at radius 2 is 1.86 bits per heavy atom. The van der Waals surface area contributed by atoms with E-state index in [0.29, 0.717) is 30.4 Å². The normalized spacial score (nSPS) is 23.5. The van der Waals surface area contributed by atoms with Crippen LogP contribution in [0.1, 0.15) is 34.6 Å². The van der Waals surface area contributed by atoms with Crippen molar-refractivity contribution in [2.24, 2.45) is 5.92 Å². The number of halogens is 3. The maximum Gasteiger partial charge on any atom is 0.417 e. The van der Waals surface area contributed by atoms with E-state index in [9.17, 15) is 27.9 Å². The number of carboxylic acids is 1. The van der Waals surface area contributed by atoms with Crippen LogP contribution in [0.25, 0.3) is 5.69 Å². The monoisotopic (exact) mass is 488 g/mol. The second-order valence-corrected chi connectivity index (χ2v) is 8.47. The van der Waals surface area contributed by atoms with Gasteiger partial charge in [-0.15, -0.1) is 4.80 Å². The number of carboxylic acid groups (broad SMARTS) is 1. The molecule has 2 fully saturated rings. The van der Waals surface area contributed by atoms with Crippen molar-refractivity contribution in [3.63, 3.8) is 0 Å². The van der Waals surface area contributed by atoms with E-state index in [1.54, 1.807) is 19.1 Å². The number of amides is 1. The summed E-state index contributed by atoms with van der Waals surface area (Å²) in [5.74, 6) is -2.19. The van der Waals surface area contributed by atoms with Gasteiger partial charge in [0.2, 0.25) is 5.88 Å². The number of rotatable bonds is 5. The zero-order chi connectivity index (χ0) is 24.9. The average Bonchev–Trinajstić information content (AvgIpc) is 3.55. The molecule has 4 heterocycles. The highest BCUT2D eigenvalue weighted by atomic mass is 19.4. The van der Waals surface area contributed by atoms with Gasteiger partial charge in [-0.1, -0.05) is 0 Å². The number of ether oxygens (including phenoxy) is 1. The minimum Gasteiger partial charge on any atom is -0.480 e. The van der Waals surface area contributed by atoms with E-state index in [1.807, 2.05) is 0 Å². The Morgan fingerprint density at radius 3 is 2.49 bits per heavy atom. The molecule has 2 aliphatic rings. The summed E-state index contributed by atoms with van der Waals surface area (Å²) in [5.41, 5.74) is -0.0844. The van der Waals surface area contributed by atoms with Gasteiger partial charge < -0.3 is 14.7 Å². The highest BCUT2D eigenvalue weighted by Crippen LogP contribution is 2.45. The Bertz CT molecular complexity index is 1270. The van der Waals surface area contributed by atoms with Crippen molar-refractivity contribution < 1.29 is 32.6 Å². The maximum absolute atomic E-state index is 13.7. The Morgan fingerprint density at radius 1 is 1.11 bits per heavy atom. The number of pyridine rings is 2. The van der Waals surface area contributed by atoms with Crippen molar-refractivity contribution in [2.45, 2.75) is 44.1 Å². The van der Waals surface area contributed by atoms with Crippen molar-refractivity contribution in [1.82, 2.24) is 29.9 Å². The van der Waals surface area contributed by atoms with Crippen molar-refractivity contribution in [1.29, 1.82) is 0 Å². The largest absolute Gasteiger partial charge is 0.480 e. The van der Waals surface area contributed by atoms with E-state index in [1.165, 1.54) is 22.1 Å². The van der Waals surface area contributed by atoms with Gasteiger partial charge in [0.05, 0.1) is 24.0 Å². The second kappa shape index (κ2) is 8.32. The molecule has 1 saturated carbocycles. The molecular weight excluding hydrogens is 469 g/mol. The molecule has 10 nitrogen and oxygen atoms in total. The van der Waals surface area contributed by atoms with E-state index in [4.69, 9.17) is 4.74 Å². The second-order valence-electron chi connectivity index (χ2n) is 8.47. The number of nitrogens with zero attached hydrogens (tertiary/aromatic N) is 6. The van der Waals surface area contributed by atoms with Gasteiger partial charge in [0.1, 0.15) is 17.8 Å². The number of aryl methyl sites for hydroxylation is 1. The first-order valence-electron chi connectivity index (χ1n) is 10.7. The van der Waals surface area contributed by atoms with Crippen LogP contribution in [0.3, 0.4) is 0 Å². The zero-order valence-electron chi connectivity index (χ0n) is 18.3. The van der Waals surface area contributed by atoms with Crippen molar-refractivity contribution >= 4 is 11.9 Å². The van der Waals surface area contributed by atoms with Gasteiger partial charge in [-0.3, -0.25) is 4.79 Å². The molecule has 0 aromatic carbocycles. The molecule has 3 aromatic heterocycles. The lowest BCUT2D eigenvalue weighted by molar-refractivity contribution is -0.144. The fourth-order valence-electron chi connectivity index (χ4n) is 4.83. The molecule has 4 atom stereocenters. The van der Waals surface area contributed by atoms with Crippen molar-refractivity contribution in [3.8, 4) is 11.6 Å². The van der Waals surface area contributed by atoms with Crippen LogP contribution in [0.15, 0.2) is 42.9 Å². The van der Waals surface area contributed by atoms with Crippen LogP contribution in [0.5, 0.6) is 5.88 Å². The summed E-state index contributed by atoms with van der Waals surface area (Å²) in [4.78, 5) is 36.4. The quantitative estimate of drug-likeness (QED) is 0.581. The third kappa shape index (κ3) is 4.06. The molecule has 0 spiro atoms. The van der Waals surface area contributed by atoms with Crippen molar-refractivity contribution in [2.75, 3.05) is 0 Å². The Hall–Kier alpha value is -4.03. The maximum atomic E-state index is 13.7. The number of hydrogen-bond donors (Lipinski definition) is 1. The molecule has 182 valence electrons. The molecule has 1 N–H and O–H groups in total. The highest BCUT2D eigenvalue weighted by Gasteiger charge is 2.57. The van der Waals surface area contributed by atoms with Crippen LogP contribution in [-0.2, 0) is 11.0 Å². The van der Waals surface area contributed by atoms with E-state index < -0.39 is 47.7 Å². The lowest BCUT2D eigenvalue weighted by Crippen LogP contribution is -2.55. The molecule has 2 bridgehead atoms. The molecule has 1 saturated heterocycles. The lowest BCUT2D eigenvalue weighted by Gasteiger charge is -2.37. The third-order valence-corrected chi connectivity index (χ3v) is 6.29. The van der Waals surface area contributed by atoms with Crippen LogP contribution in [-0.4, -0.2) is 65.0 Å². The van der Waals surface area contributed by atoms with Crippen LogP contribution in [0.4, 0.5) is 13.2 Å². The highest BCUT2D eigenvalue weighted by molar-refractivity contribution is 5.98. The predicted octanol–water partition coefficient (Wildman–Crippen LogP) is 2.52. The van der Waals surface area contributed by atoms with Gasteiger partial charge in [0.25, 0.3) is 5.91 Å². The van der Waals surface area contributed by atoms with Gasteiger partial charge in [-0.05, 0) is 43.9 Å². The number of aliphatic carboxylic acids is 1. The van der Waals surface area contributed by atoms with Gasteiger partial charge in [-0.2, -0.15) is 23.4 Å². The fraction of sp³-hybridized carbons (Fsp3) is 0.364. The molecule has 1 aliphatic heterocycles. The smallest absolute Gasteiger partial charge is 0.417 e. The molecule has 1 aliphatic carbocycles. The van der Waals surface area contributed by atoms with E-state index in [2.05, 4.69) is 20.2 Å². The molecule has 13 heteroatoms. The summed E-state index contributed by atoms with van der Waals surface area (Å²) in [6.45, 7) is 1.70. The molecule has 0 unspecified atom stereocenters. The number of aromatic nitrogens is 5. The molecule has 35 heavy (non-hydrogen) atoms. The van der Waals surface area contributed by atoms with Gasteiger partial charge in [0, 0.05) is 18.0 Å². The lowest BCUT2D eigenvalue weighted by atomic mass is 9.97. The first-order valence-corrected chi connectivity index (χ1v) is 10.7. The molecule has 1 amide bonds. The summed E-state index contributed by atoms with van der Waals surface area (Å²) in [6, 6.07) is 3.56. The minimum atomic E-state index is -4.53. The van der Waals surface area contributed by atoms with Gasteiger partial charge in [-0.25, -0.2) is 14.8 Å². The molecule has 3 aromatic rings. The van der Waals surface area contributed by atoms with E-state index in [0.717, 1.165) is 12.1 Å². The number of fused-ring (bicyclic) bond motifs is 2. The minimum absolute atomic E-state index is 0.00796. The van der Waals surface area contributed by atoms with Crippen LogP contribution in [0.2, 0.25) is 0 Å². The standard InChI is InChI=1S/C22H19F3N6O4/c1-11-2-4-14(31-27-6-7-28-31)18(29-11)20(32)30-15-8-12(19(30)21(33)34)9-16(15)35-17-5-3-13(10-26-17)22(23,24)25/h2-7,10,12,15-16,19H,8-9H2,1H3,(H,33,34)/t12-,15+,16-,19+/m1/s1. The predicted molar refractivity (Wildman–Crippen MR) is 112 cm³/mol. The van der Waals surface area contributed by atoms with Gasteiger partial charge in [0.15, 0.2) is 5.69 Å². The number of piperidine rings is 1. The van der Waals surface area contributed by atoms with Crippen LogP contribution < -0.4 is 4.74 Å². The topological polar surface area (TPSA) is 123 Å². The van der Waals surface area contributed by atoms with Crippen LogP contribution in [0, 0.1) is 12.8 Å². The summed E-state index contributed by atoms with van der Waals surface area (Å²) in [7, 11) is 0. The Labute approximate surface area is 196 Å². The van der Waals surface area contributed by atoms with Gasteiger partial charge >= 0.3 is 12.1 Å². The molecular formula is C22H19F3N6O4. The zero-order valence-corrected chi connectivity index (χ0v) is 18.3. The fourth-order valence-corrected chi connectivity index (χ4v) is 4.83. The number of alkyl halides is 3. The number of likely N-dealkylation sites (tertiary alicyclic amines) is 1. The van der Waals surface area contributed by atoms with Crippen LogP contribution >= 0.6 is 0 Å². The molecule has 5 rings (SSSR count).